The van der Waals surface area contributed by atoms with Crippen LogP contribution in [0.1, 0.15) is 59.8 Å². The van der Waals surface area contributed by atoms with Gasteiger partial charge in [0.2, 0.25) is 0 Å². The van der Waals surface area contributed by atoms with Crippen molar-refractivity contribution in [1.29, 1.82) is 0 Å². The van der Waals surface area contributed by atoms with Crippen molar-refractivity contribution in [2.75, 3.05) is 5.75 Å². The number of ketones is 1. The molecule has 0 aliphatic heterocycles. The number of H-pyrrole nitrogens is 1. The number of ether oxygens (including phenoxy) is 1. The molecule has 210 valence electrons. The van der Waals surface area contributed by atoms with E-state index in [0.717, 1.165) is 31.0 Å². The molecule has 2 aromatic rings. The Morgan fingerprint density at radius 1 is 1.31 bits per heavy atom. The molecule has 7 nitrogen and oxygen atoms in total. The zero-order valence-corrected chi connectivity index (χ0v) is 23.8. The standard InChI is InChI=1S/C30H37FN2O5S/c1-6-28(4)14-22(29(5)16(2)9-11-30(17(3)25(28)36)12-10-21(34)24(29)30)38-23(35)15-39-27-32-20-13-18(31)7-8-19(20)26(37)33-27/h6-8,13,16-17,22,24-25,36H,1,9-12,14-15H2,2-5H3,(H,32,33,37)/t16-,17+,22-,24+,25+,28-,29+,30+/m1/s1. The van der Waals surface area contributed by atoms with Crippen LogP contribution >= 0.6 is 11.8 Å². The number of nitrogens with one attached hydrogen (secondary N) is 1. The Bertz CT molecular complexity index is 1400. The van der Waals surface area contributed by atoms with Gasteiger partial charge in [0.1, 0.15) is 17.7 Å². The Labute approximate surface area is 232 Å². The number of aromatic nitrogens is 2. The third kappa shape index (κ3) is 4.36. The lowest BCUT2D eigenvalue weighted by Crippen LogP contribution is -2.63. The van der Waals surface area contributed by atoms with Crippen LogP contribution in [0.3, 0.4) is 0 Å². The van der Waals surface area contributed by atoms with Crippen molar-refractivity contribution in [2.24, 2.45) is 34.0 Å². The van der Waals surface area contributed by atoms with Gasteiger partial charge in [-0.1, -0.05) is 45.5 Å². The minimum absolute atomic E-state index is 0.100. The number of benzene rings is 1. The summed E-state index contributed by atoms with van der Waals surface area (Å²) in [5, 5.41) is 12.1. The first-order chi connectivity index (χ1) is 18.4. The van der Waals surface area contributed by atoms with Gasteiger partial charge < -0.3 is 14.8 Å². The molecule has 1 aromatic heterocycles. The zero-order chi connectivity index (χ0) is 28.3. The first kappa shape index (κ1) is 28.0. The Morgan fingerprint density at radius 3 is 2.77 bits per heavy atom. The predicted molar refractivity (Wildman–Crippen MR) is 148 cm³/mol. The number of hydrogen-bond donors (Lipinski definition) is 2. The van der Waals surface area contributed by atoms with Crippen molar-refractivity contribution in [3.8, 4) is 0 Å². The van der Waals surface area contributed by atoms with Crippen LogP contribution in [0.4, 0.5) is 4.39 Å². The fourth-order valence-electron chi connectivity index (χ4n) is 7.98. The summed E-state index contributed by atoms with van der Waals surface area (Å²) in [6.45, 7) is 12.3. The molecule has 0 spiro atoms. The molecule has 1 heterocycles. The van der Waals surface area contributed by atoms with E-state index in [0.29, 0.717) is 12.8 Å². The van der Waals surface area contributed by atoms with Crippen LogP contribution in [0, 0.1) is 39.8 Å². The van der Waals surface area contributed by atoms with E-state index in [1.165, 1.54) is 18.2 Å². The second kappa shape index (κ2) is 9.84. The van der Waals surface area contributed by atoms with Crippen molar-refractivity contribution < 1.29 is 23.8 Å². The van der Waals surface area contributed by atoms with Gasteiger partial charge in [-0.05, 0) is 55.1 Å². The van der Waals surface area contributed by atoms with Gasteiger partial charge in [-0.25, -0.2) is 9.37 Å². The average Bonchev–Trinajstić information content (AvgIpc) is 3.25. The summed E-state index contributed by atoms with van der Waals surface area (Å²) < 4.78 is 19.9. The van der Waals surface area contributed by atoms with E-state index in [4.69, 9.17) is 4.74 Å². The highest BCUT2D eigenvalue weighted by atomic mass is 32.2. The van der Waals surface area contributed by atoms with Crippen molar-refractivity contribution in [3.05, 3.63) is 47.0 Å². The maximum absolute atomic E-state index is 13.7. The number of aliphatic hydroxyl groups excluding tert-OH is 1. The summed E-state index contributed by atoms with van der Waals surface area (Å²) in [4.78, 5) is 46.2. The van der Waals surface area contributed by atoms with Crippen LogP contribution < -0.4 is 5.56 Å². The Hall–Kier alpha value is -2.52. The molecule has 0 amide bonds. The van der Waals surface area contributed by atoms with Crippen molar-refractivity contribution in [1.82, 2.24) is 9.97 Å². The number of nitrogens with zero attached hydrogens (tertiary/aromatic N) is 1. The van der Waals surface area contributed by atoms with Crippen molar-refractivity contribution in [3.63, 3.8) is 0 Å². The molecule has 3 saturated carbocycles. The molecule has 0 radical (unpaired) electrons. The Kier molecular flexibility index (Phi) is 7.07. The van der Waals surface area contributed by atoms with Gasteiger partial charge in [-0.15, -0.1) is 6.58 Å². The van der Waals surface area contributed by atoms with Gasteiger partial charge in [-0.2, -0.15) is 0 Å². The van der Waals surface area contributed by atoms with Gasteiger partial charge in [0.05, 0.1) is 22.8 Å². The molecule has 9 heteroatoms. The quantitative estimate of drug-likeness (QED) is 0.229. The van der Waals surface area contributed by atoms with E-state index in [1.807, 2.05) is 6.92 Å². The van der Waals surface area contributed by atoms with Crippen molar-refractivity contribution in [2.45, 2.75) is 77.2 Å². The molecule has 39 heavy (non-hydrogen) atoms. The van der Waals surface area contributed by atoms with Gasteiger partial charge in [0.25, 0.3) is 5.56 Å². The Balaban J connectivity index is 1.45. The fourth-order valence-corrected chi connectivity index (χ4v) is 8.63. The minimum atomic E-state index is -0.732. The van der Waals surface area contributed by atoms with E-state index in [9.17, 15) is 23.9 Å². The van der Waals surface area contributed by atoms with Crippen LogP contribution in [0.5, 0.6) is 0 Å². The van der Waals surface area contributed by atoms with Gasteiger partial charge in [0, 0.05) is 29.2 Å². The SMILES string of the molecule is C=C[C@]1(C)C[C@@H](OC(=O)CSc2nc3cc(F)ccc3c(=O)[nH]2)[C@]2(C)[C@H](C)CC[C@]3(CCC(=O)[C@H]32)[C@@H](C)[C@@H]1O. The van der Waals surface area contributed by atoms with Gasteiger partial charge >= 0.3 is 5.97 Å². The molecule has 0 unspecified atom stereocenters. The first-order valence-corrected chi connectivity index (χ1v) is 14.7. The maximum atomic E-state index is 13.7. The topological polar surface area (TPSA) is 109 Å². The van der Waals surface area contributed by atoms with Crippen LogP contribution in [0.15, 0.2) is 40.8 Å². The molecule has 1 aromatic carbocycles. The molecule has 8 atom stereocenters. The van der Waals surface area contributed by atoms with E-state index in [2.05, 4.69) is 37.3 Å². The summed E-state index contributed by atoms with van der Waals surface area (Å²) in [5.41, 5.74) is -1.86. The first-order valence-electron chi connectivity index (χ1n) is 13.7. The number of carbonyl (C=O) groups is 2. The number of Topliss-reactive ketones (excluding diaryl/α,β-unsaturated/α-hetero) is 1. The minimum Gasteiger partial charge on any atom is -0.461 e. The molecule has 0 saturated heterocycles. The average molecular weight is 557 g/mol. The van der Waals surface area contributed by atoms with Crippen LogP contribution in [-0.4, -0.2) is 44.8 Å². The second-order valence-electron chi connectivity index (χ2n) is 12.4. The summed E-state index contributed by atoms with van der Waals surface area (Å²) in [7, 11) is 0. The number of halogens is 1. The van der Waals surface area contributed by atoms with Crippen LogP contribution in [0.25, 0.3) is 10.9 Å². The van der Waals surface area contributed by atoms with E-state index in [1.54, 1.807) is 6.08 Å². The number of fused-ring (bicyclic) bond motifs is 1. The predicted octanol–water partition coefficient (Wildman–Crippen LogP) is 5.06. The highest BCUT2D eigenvalue weighted by Gasteiger charge is 2.68. The monoisotopic (exact) mass is 556 g/mol. The molecular formula is C30H37FN2O5S. The molecule has 2 bridgehead atoms. The number of thioether (sulfide) groups is 1. The number of hydrogen-bond acceptors (Lipinski definition) is 7. The zero-order valence-electron chi connectivity index (χ0n) is 23.0. The lowest BCUT2D eigenvalue weighted by atomic mass is 9.44. The lowest BCUT2D eigenvalue weighted by Gasteiger charge is -2.61. The third-order valence-electron chi connectivity index (χ3n) is 10.5. The number of carbonyl (C=O) groups excluding carboxylic acids is 2. The largest absolute Gasteiger partial charge is 0.461 e. The van der Waals surface area contributed by atoms with Crippen LogP contribution in [0.2, 0.25) is 0 Å². The van der Waals surface area contributed by atoms with E-state index >= 15 is 0 Å². The summed E-state index contributed by atoms with van der Waals surface area (Å²) in [5.74, 6) is -1.20. The normalized spacial score (nSPS) is 38.1. The van der Waals surface area contributed by atoms with Crippen molar-refractivity contribution >= 4 is 34.4 Å². The third-order valence-corrected chi connectivity index (χ3v) is 11.4. The molecule has 3 aliphatic carbocycles. The summed E-state index contributed by atoms with van der Waals surface area (Å²) in [6, 6.07) is 3.75. The number of rotatable bonds is 5. The molecule has 3 fully saturated rings. The number of aliphatic hydroxyl groups is 1. The summed E-state index contributed by atoms with van der Waals surface area (Å²) >= 11 is 1.01. The molecule has 3 aliphatic rings. The maximum Gasteiger partial charge on any atom is 0.316 e. The highest BCUT2D eigenvalue weighted by Crippen LogP contribution is 2.68. The highest BCUT2D eigenvalue weighted by molar-refractivity contribution is 7.99. The van der Waals surface area contributed by atoms with Gasteiger partial charge in [0.15, 0.2) is 5.16 Å². The second-order valence-corrected chi connectivity index (χ2v) is 13.3. The fraction of sp³-hybridized carbons (Fsp3) is 0.600. The summed E-state index contributed by atoms with van der Waals surface area (Å²) in [6.07, 6.45) is 3.75. The molecular weight excluding hydrogens is 519 g/mol. The smallest absolute Gasteiger partial charge is 0.316 e. The van der Waals surface area contributed by atoms with E-state index in [-0.39, 0.29) is 50.8 Å². The van der Waals surface area contributed by atoms with Crippen LogP contribution in [-0.2, 0) is 14.3 Å². The van der Waals surface area contributed by atoms with E-state index < -0.39 is 40.4 Å². The number of esters is 1. The Morgan fingerprint density at radius 2 is 2.05 bits per heavy atom. The molecule has 2 N–H and O–H groups in total. The molecule has 5 rings (SSSR count). The lowest BCUT2D eigenvalue weighted by molar-refractivity contribution is -0.205. The van der Waals surface area contributed by atoms with Gasteiger partial charge in [-0.3, -0.25) is 14.4 Å². The number of aromatic amines is 1.